The number of hydrogen-bond donors (Lipinski definition) is 1. The van der Waals surface area contributed by atoms with Gasteiger partial charge in [0.15, 0.2) is 0 Å². The summed E-state index contributed by atoms with van der Waals surface area (Å²) in [4.78, 5) is 27.1. The van der Waals surface area contributed by atoms with Crippen LogP contribution in [-0.2, 0) is 11.3 Å². The Morgan fingerprint density at radius 2 is 1.96 bits per heavy atom. The van der Waals surface area contributed by atoms with E-state index in [-0.39, 0.29) is 22.8 Å². The second kappa shape index (κ2) is 9.40. The van der Waals surface area contributed by atoms with Gasteiger partial charge < -0.3 is 10.2 Å². The Hall–Kier alpha value is -1.56. The van der Waals surface area contributed by atoms with Gasteiger partial charge in [0.05, 0.1) is 10.6 Å². The maximum atomic E-state index is 12.9. The normalized spacial score (nSPS) is 12.1. The van der Waals surface area contributed by atoms with E-state index in [4.69, 9.17) is 23.2 Å². The molecule has 0 fully saturated rings. The standard InChI is InChI=1S/C19H22Cl2N2O2S/c1-12(2)8-17(19(25)23(3)10-13-6-7-26-11-13)22-18(24)15-5-4-14(20)9-16(15)21/h4-7,9,11-12,17H,8,10H2,1-3H3,(H,22,24)/t17-/m0/s1. The largest absolute Gasteiger partial charge is 0.340 e. The van der Waals surface area contributed by atoms with Crippen LogP contribution in [0.15, 0.2) is 35.0 Å². The lowest BCUT2D eigenvalue weighted by Gasteiger charge is -2.26. The zero-order valence-electron chi connectivity index (χ0n) is 15.0. The van der Waals surface area contributed by atoms with Gasteiger partial charge in [-0.2, -0.15) is 11.3 Å². The molecule has 0 aliphatic heterocycles. The van der Waals surface area contributed by atoms with E-state index in [0.717, 1.165) is 5.56 Å². The molecule has 0 saturated carbocycles. The van der Waals surface area contributed by atoms with Crippen LogP contribution < -0.4 is 5.32 Å². The molecule has 1 N–H and O–H groups in total. The number of carbonyl (C=O) groups excluding carboxylic acids is 2. The van der Waals surface area contributed by atoms with Gasteiger partial charge in [-0.3, -0.25) is 9.59 Å². The first kappa shape index (κ1) is 20.7. The zero-order chi connectivity index (χ0) is 19.3. The molecule has 1 aromatic carbocycles. The third kappa shape index (κ3) is 5.73. The molecular formula is C19H22Cl2N2O2S. The van der Waals surface area contributed by atoms with Gasteiger partial charge in [-0.15, -0.1) is 0 Å². The summed E-state index contributed by atoms with van der Waals surface area (Å²) < 4.78 is 0. The van der Waals surface area contributed by atoms with Gasteiger partial charge in [-0.1, -0.05) is 37.0 Å². The minimum Gasteiger partial charge on any atom is -0.340 e. The summed E-state index contributed by atoms with van der Waals surface area (Å²) in [5, 5.41) is 7.53. The molecule has 0 radical (unpaired) electrons. The highest BCUT2D eigenvalue weighted by Gasteiger charge is 2.26. The molecule has 2 aromatic rings. The molecule has 2 rings (SSSR count). The van der Waals surface area contributed by atoms with Gasteiger partial charge in [0.25, 0.3) is 5.91 Å². The van der Waals surface area contributed by atoms with Crippen molar-refractivity contribution in [3.05, 3.63) is 56.2 Å². The van der Waals surface area contributed by atoms with E-state index >= 15 is 0 Å². The van der Waals surface area contributed by atoms with E-state index in [0.29, 0.717) is 23.6 Å². The van der Waals surface area contributed by atoms with E-state index in [1.165, 1.54) is 6.07 Å². The number of carbonyl (C=O) groups is 2. The van der Waals surface area contributed by atoms with Crippen LogP contribution in [0.4, 0.5) is 0 Å². The Morgan fingerprint density at radius 3 is 2.54 bits per heavy atom. The summed E-state index contributed by atoms with van der Waals surface area (Å²) in [6, 6.07) is 6.05. The van der Waals surface area contributed by atoms with Crippen molar-refractivity contribution < 1.29 is 9.59 Å². The van der Waals surface area contributed by atoms with Crippen molar-refractivity contribution in [3.63, 3.8) is 0 Å². The first-order chi connectivity index (χ1) is 12.3. The smallest absolute Gasteiger partial charge is 0.253 e. The van der Waals surface area contributed by atoms with E-state index in [2.05, 4.69) is 5.32 Å². The average Bonchev–Trinajstić information content (AvgIpc) is 3.05. The summed E-state index contributed by atoms with van der Waals surface area (Å²) >= 11 is 13.6. The molecule has 26 heavy (non-hydrogen) atoms. The maximum Gasteiger partial charge on any atom is 0.253 e. The first-order valence-corrected chi connectivity index (χ1v) is 9.99. The molecule has 1 heterocycles. The molecule has 1 aromatic heterocycles. The number of nitrogens with one attached hydrogen (secondary N) is 1. The Kier molecular flexibility index (Phi) is 7.50. The number of thiophene rings is 1. The second-order valence-electron chi connectivity index (χ2n) is 6.61. The lowest BCUT2D eigenvalue weighted by molar-refractivity contribution is -0.132. The van der Waals surface area contributed by atoms with Crippen LogP contribution in [-0.4, -0.2) is 29.8 Å². The van der Waals surface area contributed by atoms with Crippen LogP contribution in [0.2, 0.25) is 10.0 Å². The molecule has 0 spiro atoms. The molecule has 1 atom stereocenters. The predicted molar refractivity (Wildman–Crippen MR) is 108 cm³/mol. The monoisotopic (exact) mass is 412 g/mol. The van der Waals surface area contributed by atoms with Crippen LogP contribution in [0.5, 0.6) is 0 Å². The van der Waals surface area contributed by atoms with Crippen LogP contribution in [0.25, 0.3) is 0 Å². The SMILES string of the molecule is CC(C)C[C@H](NC(=O)c1ccc(Cl)cc1Cl)C(=O)N(C)Cc1ccsc1. The van der Waals surface area contributed by atoms with E-state index in [1.54, 1.807) is 35.4 Å². The minimum atomic E-state index is -0.613. The van der Waals surface area contributed by atoms with Gasteiger partial charge in [-0.25, -0.2) is 0 Å². The highest BCUT2D eigenvalue weighted by atomic mass is 35.5. The van der Waals surface area contributed by atoms with Crippen LogP contribution in [0.3, 0.4) is 0 Å². The highest BCUT2D eigenvalue weighted by molar-refractivity contribution is 7.07. The van der Waals surface area contributed by atoms with Crippen molar-refractivity contribution in [3.8, 4) is 0 Å². The van der Waals surface area contributed by atoms with Crippen molar-refractivity contribution in [2.75, 3.05) is 7.05 Å². The third-order valence-corrected chi connectivity index (χ3v) is 5.14. The van der Waals surface area contributed by atoms with Gasteiger partial charge in [0, 0.05) is 18.6 Å². The minimum absolute atomic E-state index is 0.122. The molecule has 140 valence electrons. The topological polar surface area (TPSA) is 49.4 Å². The molecule has 4 nitrogen and oxygen atoms in total. The zero-order valence-corrected chi connectivity index (χ0v) is 17.3. The molecule has 0 aliphatic rings. The fraction of sp³-hybridized carbons (Fsp3) is 0.368. The van der Waals surface area contributed by atoms with Crippen LogP contribution in [0, 0.1) is 5.92 Å². The molecule has 0 saturated heterocycles. The van der Waals surface area contributed by atoms with Crippen molar-refractivity contribution in [2.45, 2.75) is 32.9 Å². The summed E-state index contributed by atoms with van der Waals surface area (Å²) in [7, 11) is 1.74. The molecule has 0 bridgehead atoms. The fourth-order valence-electron chi connectivity index (χ4n) is 2.60. The number of nitrogens with zero attached hydrogens (tertiary/aromatic N) is 1. The predicted octanol–water partition coefficient (Wildman–Crippen LogP) is 4.86. The van der Waals surface area contributed by atoms with Crippen LogP contribution >= 0.6 is 34.5 Å². The second-order valence-corrected chi connectivity index (χ2v) is 8.23. The molecular weight excluding hydrogens is 391 g/mol. The van der Waals surface area contributed by atoms with Gasteiger partial charge in [0.2, 0.25) is 5.91 Å². The Morgan fingerprint density at radius 1 is 1.23 bits per heavy atom. The Bertz CT molecular complexity index is 763. The molecule has 0 unspecified atom stereocenters. The van der Waals surface area contributed by atoms with Crippen LogP contribution in [0.1, 0.15) is 36.2 Å². The first-order valence-electron chi connectivity index (χ1n) is 8.30. The van der Waals surface area contributed by atoms with Gasteiger partial charge >= 0.3 is 0 Å². The number of rotatable bonds is 7. The molecule has 2 amide bonds. The number of amides is 2. The lowest BCUT2D eigenvalue weighted by Crippen LogP contribution is -2.47. The quantitative estimate of drug-likeness (QED) is 0.705. The van der Waals surface area contributed by atoms with E-state index < -0.39 is 6.04 Å². The summed E-state index contributed by atoms with van der Waals surface area (Å²) in [6.45, 7) is 4.54. The number of hydrogen-bond acceptors (Lipinski definition) is 3. The summed E-state index contributed by atoms with van der Waals surface area (Å²) in [5.74, 6) is -0.252. The number of likely N-dealkylation sites (N-methyl/N-ethyl adjacent to an activating group) is 1. The van der Waals surface area contributed by atoms with Crippen molar-refractivity contribution in [2.24, 2.45) is 5.92 Å². The van der Waals surface area contributed by atoms with E-state index in [9.17, 15) is 9.59 Å². The summed E-state index contributed by atoms with van der Waals surface area (Å²) in [6.07, 6.45) is 0.545. The van der Waals surface area contributed by atoms with E-state index in [1.807, 2.05) is 30.7 Å². The number of halogens is 2. The van der Waals surface area contributed by atoms with Gasteiger partial charge in [-0.05, 0) is 52.9 Å². The van der Waals surface area contributed by atoms with Crippen molar-refractivity contribution in [1.29, 1.82) is 0 Å². The third-order valence-electron chi connectivity index (χ3n) is 3.86. The number of benzene rings is 1. The Labute approximate surface area is 168 Å². The summed E-state index contributed by atoms with van der Waals surface area (Å²) in [5.41, 5.74) is 1.37. The lowest BCUT2D eigenvalue weighted by atomic mass is 10.0. The molecule has 7 heteroatoms. The van der Waals surface area contributed by atoms with Gasteiger partial charge in [0.1, 0.15) is 6.04 Å². The highest BCUT2D eigenvalue weighted by Crippen LogP contribution is 2.21. The average molecular weight is 413 g/mol. The Balaban J connectivity index is 2.12. The van der Waals surface area contributed by atoms with Crippen molar-refractivity contribution in [1.82, 2.24) is 10.2 Å². The fourth-order valence-corrected chi connectivity index (χ4v) is 3.76. The van der Waals surface area contributed by atoms with Crippen molar-refractivity contribution >= 4 is 46.4 Å². The maximum absolute atomic E-state index is 12.9. The molecule has 0 aliphatic carbocycles.